The first kappa shape index (κ1) is 26.9. The predicted molar refractivity (Wildman–Crippen MR) is 139 cm³/mol. The second-order valence-electron chi connectivity index (χ2n) is 11.0. The van der Waals surface area contributed by atoms with Crippen LogP contribution in [0.3, 0.4) is 0 Å². The van der Waals surface area contributed by atoms with Gasteiger partial charge in [0, 0.05) is 17.9 Å². The lowest BCUT2D eigenvalue weighted by Crippen LogP contribution is -2.62. The molecule has 2 aliphatic heterocycles. The minimum atomic E-state index is -1.60. The summed E-state index contributed by atoms with van der Waals surface area (Å²) in [5, 5.41) is 24.4. The molecule has 1 saturated carbocycles. The number of carbonyl (C=O) groups is 3. The Morgan fingerprint density at radius 2 is 1.81 bits per heavy atom. The molecule has 1 spiro atoms. The molecule has 7 atom stereocenters. The van der Waals surface area contributed by atoms with Gasteiger partial charge in [-0.25, -0.2) is 0 Å². The van der Waals surface area contributed by atoms with Crippen LogP contribution in [0.1, 0.15) is 53.0 Å². The van der Waals surface area contributed by atoms with Gasteiger partial charge in [-0.1, -0.05) is 49.8 Å². The number of carbonyl (C=O) groups excluding carboxylic acids is 3. The Balaban J connectivity index is 1.85. The number of benzene rings is 1. The van der Waals surface area contributed by atoms with E-state index < -0.39 is 35.4 Å². The van der Waals surface area contributed by atoms with Crippen LogP contribution in [0, 0.1) is 23.7 Å². The van der Waals surface area contributed by atoms with Gasteiger partial charge in [-0.2, -0.15) is 0 Å². The van der Waals surface area contributed by atoms with Crippen LogP contribution in [-0.2, 0) is 25.5 Å². The number of Topliss-reactive ketones (excluding diaryl/α,β-unsaturated/α-hetero) is 1. The van der Waals surface area contributed by atoms with Gasteiger partial charge in [-0.05, 0) is 68.4 Å². The fourth-order valence-electron chi connectivity index (χ4n) is 6.54. The van der Waals surface area contributed by atoms with E-state index in [4.69, 9.17) is 4.74 Å². The summed E-state index contributed by atoms with van der Waals surface area (Å²) in [7, 11) is 0. The number of nitrogens with one attached hydrogen (secondary N) is 1. The van der Waals surface area contributed by atoms with Crippen LogP contribution in [0.4, 0.5) is 0 Å². The first-order chi connectivity index (χ1) is 17.5. The number of phenols is 1. The molecule has 1 aliphatic carbocycles. The van der Waals surface area contributed by atoms with Crippen LogP contribution in [0.5, 0.6) is 5.75 Å². The lowest BCUT2D eigenvalue weighted by Gasteiger charge is -2.49. The molecule has 198 valence electrons. The maximum absolute atomic E-state index is 13.9. The Labute approximate surface area is 218 Å². The second kappa shape index (κ2) is 10.3. The molecule has 0 aromatic heterocycles. The van der Waals surface area contributed by atoms with Crippen LogP contribution in [0.15, 0.2) is 59.2 Å². The van der Waals surface area contributed by atoms with Crippen molar-refractivity contribution in [2.45, 2.75) is 71.6 Å². The molecule has 0 bridgehead atoms. The number of ether oxygens (including phenoxy) is 1. The quantitative estimate of drug-likeness (QED) is 0.415. The van der Waals surface area contributed by atoms with Gasteiger partial charge in [0.1, 0.15) is 5.75 Å². The van der Waals surface area contributed by atoms with E-state index in [-0.39, 0.29) is 35.8 Å². The molecule has 0 radical (unpaired) electrons. The number of hydrogen-bond donors (Lipinski definition) is 3. The summed E-state index contributed by atoms with van der Waals surface area (Å²) >= 11 is 0. The Bertz CT molecular complexity index is 1170. The van der Waals surface area contributed by atoms with E-state index in [0.717, 1.165) is 16.7 Å². The Hall–Kier alpha value is -3.19. The van der Waals surface area contributed by atoms with Crippen molar-refractivity contribution in [3.05, 3.63) is 64.8 Å². The molecule has 1 amide bonds. The normalized spacial score (nSPS) is 34.4. The average molecular weight is 508 g/mol. The summed E-state index contributed by atoms with van der Waals surface area (Å²) in [5.74, 6) is -2.69. The number of aliphatic hydroxyl groups is 1. The standard InChI is InChI=1S/C30H37NO6/c1-16(2)25-19(5)26-23(15-20-10-12-21(32)13-11-20)31-29(36)30(26)22(28(25)35)8-6-7-17(3)27(34)18(4)9-14-24(33)37-30/h6,8-13,17,19,22-23,26,28,32,35H,7,14-15H2,1-5H3,(H,31,36)/t17-,19+,22-,23-,26?,28-,30+/m0/s1. The summed E-state index contributed by atoms with van der Waals surface area (Å²) in [6, 6.07) is 6.48. The molecule has 37 heavy (non-hydrogen) atoms. The zero-order valence-electron chi connectivity index (χ0n) is 22.2. The number of aliphatic hydroxyl groups excluding tert-OH is 1. The van der Waals surface area contributed by atoms with Crippen molar-refractivity contribution in [3.63, 3.8) is 0 Å². The largest absolute Gasteiger partial charge is 0.508 e. The summed E-state index contributed by atoms with van der Waals surface area (Å²) in [4.78, 5) is 39.7. The lowest BCUT2D eigenvalue weighted by molar-refractivity contribution is -0.186. The van der Waals surface area contributed by atoms with E-state index in [9.17, 15) is 24.6 Å². The zero-order valence-corrected chi connectivity index (χ0v) is 22.2. The number of phenolic OH excluding ortho intramolecular Hbond substituents is 1. The number of aromatic hydroxyl groups is 1. The number of amides is 1. The molecular weight excluding hydrogens is 470 g/mol. The van der Waals surface area contributed by atoms with E-state index >= 15 is 0 Å². The Morgan fingerprint density at radius 1 is 1.14 bits per heavy atom. The smallest absolute Gasteiger partial charge is 0.310 e. The molecular formula is C30H37NO6. The van der Waals surface area contributed by atoms with Crippen molar-refractivity contribution < 1.29 is 29.3 Å². The van der Waals surface area contributed by atoms with E-state index in [1.165, 1.54) is 0 Å². The summed E-state index contributed by atoms with van der Waals surface area (Å²) in [6.07, 6.45) is 4.94. The van der Waals surface area contributed by atoms with Gasteiger partial charge in [0.25, 0.3) is 5.91 Å². The molecule has 1 aromatic rings. The summed E-state index contributed by atoms with van der Waals surface area (Å²) < 4.78 is 6.14. The third kappa shape index (κ3) is 4.77. The highest BCUT2D eigenvalue weighted by atomic mass is 16.6. The van der Waals surface area contributed by atoms with Crippen LogP contribution < -0.4 is 5.32 Å². The number of hydrogen-bond acceptors (Lipinski definition) is 6. The molecule has 1 unspecified atom stereocenters. The topological polar surface area (TPSA) is 113 Å². The van der Waals surface area contributed by atoms with Crippen molar-refractivity contribution in [2.24, 2.45) is 23.7 Å². The van der Waals surface area contributed by atoms with E-state index in [2.05, 4.69) is 5.32 Å². The van der Waals surface area contributed by atoms with Crippen molar-refractivity contribution >= 4 is 17.7 Å². The van der Waals surface area contributed by atoms with Crippen molar-refractivity contribution in [3.8, 4) is 5.75 Å². The molecule has 3 aliphatic rings. The number of esters is 1. The molecule has 3 N–H and O–H groups in total. The number of allylic oxidation sites excluding steroid dienone is 3. The fraction of sp³-hybridized carbons (Fsp3) is 0.500. The third-order valence-electron chi connectivity index (χ3n) is 8.28. The van der Waals surface area contributed by atoms with E-state index in [1.54, 1.807) is 31.2 Å². The summed E-state index contributed by atoms with van der Waals surface area (Å²) in [6.45, 7) is 9.40. The highest BCUT2D eigenvalue weighted by Gasteiger charge is 2.68. The first-order valence-corrected chi connectivity index (χ1v) is 13.0. The number of ketones is 1. The minimum absolute atomic E-state index is 0.0408. The van der Waals surface area contributed by atoms with Gasteiger partial charge >= 0.3 is 5.97 Å². The molecule has 2 heterocycles. The monoisotopic (exact) mass is 507 g/mol. The molecule has 7 heteroatoms. The maximum atomic E-state index is 13.9. The van der Waals surface area contributed by atoms with Crippen LogP contribution in [-0.4, -0.2) is 45.6 Å². The third-order valence-corrected chi connectivity index (χ3v) is 8.28. The van der Waals surface area contributed by atoms with Gasteiger partial charge in [0.05, 0.1) is 18.4 Å². The summed E-state index contributed by atoms with van der Waals surface area (Å²) in [5.41, 5.74) is 1.62. The first-order valence-electron chi connectivity index (χ1n) is 13.0. The lowest BCUT2D eigenvalue weighted by atomic mass is 9.58. The average Bonchev–Trinajstić information content (AvgIpc) is 3.11. The SMILES string of the molecule is CC1=CCC(=O)O[C@@]23C(=O)N[C@@H](Cc4ccc(O)cc4)C2[C@H](C)C(=C(C)C)[C@@H](O)[C@@H]3C=CC[C@H](C)C1=O. The molecule has 1 saturated heterocycles. The van der Waals surface area contributed by atoms with Gasteiger partial charge in [-0.3, -0.25) is 14.4 Å². The van der Waals surface area contributed by atoms with Crippen LogP contribution in [0.2, 0.25) is 0 Å². The molecule has 7 nitrogen and oxygen atoms in total. The predicted octanol–water partition coefficient (Wildman–Crippen LogP) is 3.80. The van der Waals surface area contributed by atoms with Crippen molar-refractivity contribution in [2.75, 3.05) is 0 Å². The Kier molecular flexibility index (Phi) is 7.47. The highest BCUT2D eigenvalue weighted by Crippen LogP contribution is 2.53. The van der Waals surface area contributed by atoms with Gasteiger partial charge in [-0.15, -0.1) is 0 Å². The van der Waals surface area contributed by atoms with Crippen molar-refractivity contribution in [1.29, 1.82) is 0 Å². The maximum Gasteiger partial charge on any atom is 0.310 e. The fourth-order valence-corrected chi connectivity index (χ4v) is 6.54. The van der Waals surface area contributed by atoms with E-state index in [1.807, 2.05) is 45.9 Å². The van der Waals surface area contributed by atoms with Crippen LogP contribution in [0.25, 0.3) is 0 Å². The second-order valence-corrected chi connectivity index (χ2v) is 11.0. The number of rotatable bonds is 2. The zero-order chi connectivity index (χ0) is 27.1. The van der Waals surface area contributed by atoms with Gasteiger partial charge in [0.15, 0.2) is 5.78 Å². The van der Waals surface area contributed by atoms with Crippen LogP contribution >= 0.6 is 0 Å². The molecule has 2 fully saturated rings. The Morgan fingerprint density at radius 3 is 2.46 bits per heavy atom. The van der Waals surface area contributed by atoms with E-state index in [0.29, 0.717) is 18.4 Å². The van der Waals surface area contributed by atoms with Gasteiger partial charge in [0.2, 0.25) is 5.60 Å². The van der Waals surface area contributed by atoms with Gasteiger partial charge < -0.3 is 20.3 Å². The molecule has 1 aromatic carbocycles. The minimum Gasteiger partial charge on any atom is -0.508 e. The molecule has 4 rings (SSSR count). The van der Waals surface area contributed by atoms with Crippen molar-refractivity contribution in [1.82, 2.24) is 5.32 Å². The highest BCUT2D eigenvalue weighted by molar-refractivity contribution is 5.97.